The number of rotatable bonds is 7. The van der Waals surface area contributed by atoms with Crippen LogP contribution < -0.4 is 11.1 Å². The molecule has 2 aromatic rings. The Bertz CT molecular complexity index is 741. The first-order valence-corrected chi connectivity index (χ1v) is 8.11. The molecule has 3 N–H and O–H groups in total. The number of halogens is 2. The molecule has 2 amide bonds. The van der Waals surface area contributed by atoms with Gasteiger partial charge >= 0.3 is 0 Å². The van der Waals surface area contributed by atoms with Gasteiger partial charge in [0.05, 0.1) is 5.69 Å². The fourth-order valence-corrected chi connectivity index (χ4v) is 2.51. The number of amides is 2. The zero-order valence-electron chi connectivity index (χ0n) is 14.6. The van der Waals surface area contributed by atoms with Crippen molar-refractivity contribution in [2.75, 3.05) is 25.0 Å². The van der Waals surface area contributed by atoms with E-state index in [1.165, 1.54) is 25.1 Å². The lowest BCUT2D eigenvalue weighted by Crippen LogP contribution is -2.37. The lowest BCUT2D eigenvalue weighted by molar-refractivity contribution is -0.114. The summed E-state index contributed by atoms with van der Waals surface area (Å²) in [7, 11) is 0. The van der Waals surface area contributed by atoms with Gasteiger partial charge in [0, 0.05) is 32.1 Å². The summed E-state index contributed by atoms with van der Waals surface area (Å²) in [5, 5.41) is 2.39. The first-order valence-electron chi connectivity index (χ1n) is 8.11. The molecule has 0 spiro atoms. The molecule has 0 saturated heterocycles. The Morgan fingerprint density at radius 3 is 2.42 bits per heavy atom. The summed E-state index contributed by atoms with van der Waals surface area (Å²) < 4.78 is 13.8. The van der Waals surface area contributed by atoms with Crippen molar-refractivity contribution in [1.82, 2.24) is 4.90 Å². The third-order valence-corrected chi connectivity index (χ3v) is 3.72. The van der Waals surface area contributed by atoms with Gasteiger partial charge in [-0.1, -0.05) is 30.3 Å². The summed E-state index contributed by atoms with van der Waals surface area (Å²) in [6, 6.07) is 13.8. The molecular formula is C19H23ClFN3O2. The summed E-state index contributed by atoms with van der Waals surface area (Å²) in [4.78, 5) is 25.5. The largest absolute Gasteiger partial charge is 0.337 e. The highest BCUT2D eigenvalue weighted by molar-refractivity contribution is 5.97. The molecule has 7 heteroatoms. The molecule has 140 valence electrons. The van der Waals surface area contributed by atoms with Crippen molar-refractivity contribution in [3.8, 4) is 0 Å². The smallest absolute Gasteiger partial charge is 0.253 e. The third kappa shape index (κ3) is 6.13. The fourth-order valence-electron chi connectivity index (χ4n) is 2.51. The Hall–Kier alpha value is -2.44. The van der Waals surface area contributed by atoms with Crippen LogP contribution in [0.5, 0.6) is 0 Å². The molecule has 5 nitrogen and oxygen atoms in total. The van der Waals surface area contributed by atoms with Crippen LogP contribution in [0.15, 0.2) is 48.5 Å². The average molecular weight is 380 g/mol. The SMILES string of the molecule is CC(=O)Nc1cc(C(=O)N(CCN)CCc2ccccc2)ccc1F.Cl. The summed E-state index contributed by atoms with van der Waals surface area (Å²) in [5.74, 6) is -1.22. The number of hydrogen-bond donors (Lipinski definition) is 2. The predicted octanol–water partition coefficient (Wildman–Crippen LogP) is 2.85. The minimum atomic E-state index is -0.582. The quantitative estimate of drug-likeness (QED) is 0.776. The standard InChI is InChI=1S/C19H22FN3O2.ClH/c1-14(24)22-18-13-16(7-8-17(18)20)19(25)23(12-10-21)11-9-15-5-3-2-4-6-15;/h2-8,13H,9-12,21H2,1H3,(H,22,24);1H. The van der Waals surface area contributed by atoms with E-state index in [-0.39, 0.29) is 24.0 Å². The van der Waals surface area contributed by atoms with Gasteiger partial charge in [-0.2, -0.15) is 0 Å². The number of anilines is 1. The van der Waals surface area contributed by atoms with E-state index in [1.54, 1.807) is 4.90 Å². The molecule has 0 aliphatic rings. The molecule has 26 heavy (non-hydrogen) atoms. The Morgan fingerprint density at radius 2 is 1.81 bits per heavy atom. The van der Waals surface area contributed by atoms with E-state index in [0.29, 0.717) is 31.6 Å². The van der Waals surface area contributed by atoms with Crippen molar-refractivity contribution in [1.29, 1.82) is 0 Å². The van der Waals surface area contributed by atoms with Gasteiger partial charge in [-0.05, 0) is 30.2 Å². The number of nitrogens with two attached hydrogens (primary N) is 1. The van der Waals surface area contributed by atoms with Gasteiger partial charge < -0.3 is 16.0 Å². The molecule has 0 saturated carbocycles. The Kier molecular flexibility index (Phi) is 8.75. The zero-order valence-corrected chi connectivity index (χ0v) is 15.4. The highest BCUT2D eigenvalue weighted by atomic mass is 35.5. The number of carbonyl (C=O) groups is 2. The summed E-state index contributed by atoms with van der Waals surface area (Å²) >= 11 is 0. The van der Waals surface area contributed by atoms with Crippen LogP contribution in [-0.2, 0) is 11.2 Å². The van der Waals surface area contributed by atoms with Gasteiger partial charge in [0.1, 0.15) is 5.82 Å². The van der Waals surface area contributed by atoms with E-state index in [4.69, 9.17) is 5.73 Å². The number of benzene rings is 2. The maximum atomic E-state index is 13.8. The molecule has 2 rings (SSSR count). The maximum Gasteiger partial charge on any atom is 0.253 e. The average Bonchev–Trinajstić information content (AvgIpc) is 2.60. The van der Waals surface area contributed by atoms with Crippen LogP contribution in [0.2, 0.25) is 0 Å². The molecule has 0 aliphatic carbocycles. The molecule has 0 aromatic heterocycles. The van der Waals surface area contributed by atoms with Gasteiger partial charge in [-0.15, -0.1) is 12.4 Å². The van der Waals surface area contributed by atoms with Gasteiger partial charge in [0.25, 0.3) is 5.91 Å². The number of nitrogens with zero attached hydrogens (tertiary/aromatic N) is 1. The van der Waals surface area contributed by atoms with Crippen molar-refractivity contribution >= 4 is 29.9 Å². The second-order valence-corrected chi connectivity index (χ2v) is 5.69. The number of nitrogens with one attached hydrogen (secondary N) is 1. The molecular weight excluding hydrogens is 357 g/mol. The molecule has 0 radical (unpaired) electrons. The molecule has 0 heterocycles. The molecule has 0 unspecified atom stereocenters. The Labute approximate surface area is 158 Å². The van der Waals surface area contributed by atoms with Gasteiger partial charge in [-0.25, -0.2) is 4.39 Å². The fraction of sp³-hybridized carbons (Fsp3) is 0.263. The topological polar surface area (TPSA) is 75.4 Å². The molecule has 0 atom stereocenters. The Morgan fingerprint density at radius 1 is 1.12 bits per heavy atom. The van der Waals surface area contributed by atoms with E-state index >= 15 is 0 Å². The van der Waals surface area contributed by atoms with Gasteiger partial charge in [0.2, 0.25) is 5.91 Å². The highest BCUT2D eigenvalue weighted by Gasteiger charge is 2.17. The van der Waals surface area contributed by atoms with Gasteiger partial charge in [-0.3, -0.25) is 9.59 Å². The van der Waals surface area contributed by atoms with E-state index in [2.05, 4.69) is 5.32 Å². The maximum absolute atomic E-state index is 13.8. The first-order chi connectivity index (χ1) is 12.0. The highest BCUT2D eigenvalue weighted by Crippen LogP contribution is 2.18. The molecule has 0 fully saturated rings. The van der Waals surface area contributed by atoms with Crippen molar-refractivity contribution in [3.05, 3.63) is 65.5 Å². The van der Waals surface area contributed by atoms with Crippen LogP contribution >= 0.6 is 12.4 Å². The molecule has 0 bridgehead atoms. The summed E-state index contributed by atoms with van der Waals surface area (Å²) in [6.07, 6.45) is 0.701. The van der Waals surface area contributed by atoms with E-state index in [0.717, 1.165) is 5.56 Å². The van der Waals surface area contributed by atoms with Crippen molar-refractivity contribution in [2.45, 2.75) is 13.3 Å². The third-order valence-electron chi connectivity index (χ3n) is 3.72. The second-order valence-electron chi connectivity index (χ2n) is 5.69. The summed E-state index contributed by atoms with van der Waals surface area (Å²) in [6.45, 7) is 2.53. The van der Waals surface area contributed by atoms with Crippen LogP contribution in [0.1, 0.15) is 22.8 Å². The van der Waals surface area contributed by atoms with Crippen LogP contribution in [0, 0.1) is 5.82 Å². The monoisotopic (exact) mass is 379 g/mol. The van der Waals surface area contributed by atoms with Crippen molar-refractivity contribution in [2.24, 2.45) is 5.73 Å². The van der Waals surface area contributed by atoms with Gasteiger partial charge in [0.15, 0.2) is 0 Å². The van der Waals surface area contributed by atoms with Crippen LogP contribution in [0.3, 0.4) is 0 Å². The minimum Gasteiger partial charge on any atom is -0.337 e. The van der Waals surface area contributed by atoms with E-state index in [9.17, 15) is 14.0 Å². The normalized spacial score (nSPS) is 9.96. The lowest BCUT2D eigenvalue weighted by atomic mass is 10.1. The first kappa shape index (κ1) is 21.6. The summed E-state index contributed by atoms with van der Waals surface area (Å²) in [5.41, 5.74) is 7.05. The predicted molar refractivity (Wildman–Crippen MR) is 103 cm³/mol. The van der Waals surface area contributed by atoms with Crippen molar-refractivity contribution < 1.29 is 14.0 Å². The van der Waals surface area contributed by atoms with Crippen LogP contribution in [0.25, 0.3) is 0 Å². The number of hydrogen-bond acceptors (Lipinski definition) is 3. The Balaban J connectivity index is 0.00000338. The van der Waals surface area contributed by atoms with E-state index in [1.807, 2.05) is 30.3 Å². The second kappa shape index (κ2) is 10.5. The lowest BCUT2D eigenvalue weighted by Gasteiger charge is -2.22. The zero-order chi connectivity index (χ0) is 18.2. The number of carbonyl (C=O) groups excluding carboxylic acids is 2. The van der Waals surface area contributed by atoms with Crippen LogP contribution in [0.4, 0.5) is 10.1 Å². The molecule has 0 aliphatic heterocycles. The van der Waals surface area contributed by atoms with Crippen molar-refractivity contribution in [3.63, 3.8) is 0 Å². The molecule has 2 aromatic carbocycles. The van der Waals surface area contributed by atoms with Crippen LogP contribution in [-0.4, -0.2) is 36.3 Å². The minimum absolute atomic E-state index is 0. The van der Waals surface area contributed by atoms with E-state index < -0.39 is 11.7 Å².